The summed E-state index contributed by atoms with van der Waals surface area (Å²) in [5, 5.41) is 14.1. The third kappa shape index (κ3) is 2.84. The summed E-state index contributed by atoms with van der Waals surface area (Å²) in [6, 6.07) is 1.85. The molecule has 0 aliphatic heterocycles. The molecule has 1 heterocycles. The van der Waals surface area contributed by atoms with Gasteiger partial charge in [0.1, 0.15) is 4.88 Å². The van der Waals surface area contributed by atoms with Crippen LogP contribution in [0.1, 0.15) is 36.4 Å². The van der Waals surface area contributed by atoms with Gasteiger partial charge in [0.25, 0.3) is 5.91 Å². The lowest BCUT2D eigenvalue weighted by atomic mass is 9.94. The Morgan fingerprint density at radius 2 is 2.19 bits per heavy atom. The Morgan fingerprint density at radius 1 is 1.56 bits per heavy atom. The summed E-state index contributed by atoms with van der Waals surface area (Å²) in [7, 11) is 0. The van der Waals surface area contributed by atoms with Gasteiger partial charge in [0.2, 0.25) is 0 Å². The van der Waals surface area contributed by atoms with Gasteiger partial charge in [-0.2, -0.15) is 0 Å². The number of hydrogen-bond acceptors (Lipinski definition) is 3. The van der Waals surface area contributed by atoms with Gasteiger partial charge in [0.05, 0.1) is 12.1 Å². The van der Waals surface area contributed by atoms with Crippen molar-refractivity contribution in [2.75, 3.05) is 6.61 Å². The van der Waals surface area contributed by atoms with Crippen LogP contribution in [0.4, 0.5) is 0 Å². The first-order valence-corrected chi connectivity index (χ1v) is 6.92. The number of aliphatic hydroxyl groups is 1. The Hall–Kier alpha value is -0.390. The summed E-state index contributed by atoms with van der Waals surface area (Å²) in [4.78, 5) is 12.6. The van der Waals surface area contributed by atoms with E-state index in [1.54, 1.807) is 0 Å². The van der Waals surface area contributed by atoms with E-state index in [1.165, 1.54) is 11.3 Å². The van der Waals surface area contributed by atoms with Crippen molar-refractivity contribution in [1.82, 2.24) is 5.32 Å². The molecule has 90 valence electrons. The molecule has 5 heteroatoms. The van der Waals surface area contributed by atoms with Gasteiger partial charge in [-0.15, -0.1) is 11.3 Å². The Kier molecular flexibility index (Phi) is 4.95. The summed E-state index contributed by atoms with van der Waals surface area (Å²) in [5.41, 5.74) is -0.499. The monoisotopic (exact) mass is 305 g/mol. The molecule has 1 amide bonds. The normalized spacial score (nSPS) is 11.5. The molecule has 0 saturated carbocycles. The van der Waals surface area contributed by atoms with Gasteiger partial charge in [-0.25, -0.2) is 0 Å². The molecule has 0 unspecified atom stereocenters. The van der Waals surface area contributed by atoms with Crippen LogP contribution in [0.25, 0.3) is 0 Å². The maximum Gasteiger partial charge on any atom is 0.263 e. The van der Waals surface area contributed by atoms with Crippen LogP contribution >= 0.6 is 27.3 Å². The molecule has 0 atom stereocenters. The fourth-order valence-corrected chi connectivity index (χ4v) is 2.89. The first kappa shape index (κ1) is 13.7. The van der Waals surface area contributed by atoms with Crippen LogP contribution in [0.15, 0.2) is 15.9 Å². The third-order valence-electron chi connectivity index (χ3n) is 2.86. The second-order valence-electron chi connectivity index (χ2n) is 3.70. The smallest absolute Gasteiger partial charge is 0.263 e. The lowest BCUT2D eigenvalue weighted by molar-refractivity contribution is 0.0821. The molecular formula is C11H16BrNO2S. The van der Waals surface area contributed by atoms with Gasteiger partial charge < -0.3 is 10.4 Å². The van der Waals surface area contributed by atoms with Crippen LogP contribution in [0, 0.1) is 0 Å². The third-order valence-corrected chi connectivity index (χ3v) is 4.69. The molecular weight excluding hydrogens is 290 g/mol. The Morgan fingerprint density at radius 3 is 2.56 bits per heavy atom. The Balaban J connectivity index is 2.81. The molecule has 0 aromatic carbocycles. The van der Waals surface area contributed by atoms with Crippen molar-refractivity contribution in [1.29, 1.82) is 0 Å². The van der Waals surface area contributed by atoms with Crippen LogP contribution < -0.4 is 5.32 Å². The van der Waals surface area contributed by atoms with Crippen LogP contribution in [0.5, 0.6) is 0 Å². The number of carbonyl (C=O) groups is 1. The van der Waals surface area contributed by atoms with Crippen molar-refractivity contribution in [3.63, 3.8) is 0 Å². The number of rotatable bonds is 5. The first-order valence-electron chi connectivity index (χ1n) is 5.25. The number of halogens is 1. The van der Waals surface area contributed by atoms with E-state index >= 15 is 0 Å². The quantitative estimate of drug-likeness (QED) is 0.879. The van der Waals surface area contributed by atoms with Crippen molar-refractivity contribution < 1.29 is 9.90 Å². The highest BCUT2D eigenvalue weighted by Gasteiger charge is 2.28. The molecule has 2 N–H and O–H groups in total. The summed E-state index contributed by atoms with van der Waals surface area (Å²) >= 11 is 4.72. The minimum absolute atomic E-state index is 0.0330. The van der Waals surface area contributed by atoms with E-state index in [0.717, 1.165) is 4.47 Å². The minimum Gasteiger partial charge on any atom is -0.394 e. The Bertz CT molecular complexity index is 352. The second kappa shape index (κ2) is 5.80. The van der Waals surface area contributed by atoms with E-state index in [-0.39, 0.29) is 12.5 Å². The maximum atomic E-state index is 12.0. The zero-order valence-corrected chi connectivity index (χ0v) is 11.8. The van der Waals surface area contributed by atoms with E-state index < -0.39 is 5.54 Å². The molecule has 0 spiro atoms. The number of thiophene rings is 1. The Labute approximate surface area is 108 Å². The molecule has 16 heavy (non-hydrogen) atoms. The van der Waals surface area contributed by atoms with Gasteiger partial charge in [-0.1, -0.05) is 13.8 Å². The van der Waals surface area contributed by atoms with E-state index in [0.29, 0.717) is 17.7 Å². The molecule has 0 saturated heterocycles. The summed E-state index contributed by atoms with van der Waals surface area (Å²) in [6.07, 6.45) is 1.43. The lowest BCUT2D eigenvalue weighted by Crippen LogP contribution is -2.50. The van der Waals surface area contributed by atoms with Crippen molar-refractivity contribution in [3.8, 4) is 0 Å². The van der Waals surface area contributed by atoms with Crippen LogP contribution in [-0.2, 0) is 0 Å². The highest BCUT2D eigenvalue weighted by Crippen LogP contribution is 2.24. The predicted octanol–water partition coefficient (Wildman–Crippen LogP) is 2.79. The van der Waals surface area contributed by atoms with Crippen molar-refractivity contribution in [2.45, 2.75) is 32.2 Å². The molecule has 1 aromatic rings. The van der Waals surface area contributed by atoms with Gasteiger partial charge in [0.15, 0.2) is 0 Å². The molecule has 1 aromatic heterocycles. The maximum absolute atomic E-state index is 12.0. The van der Waals surface area contributed by atoms with E-state index in [1.807, 2.05) is 25.3 Å². The predicted molar refractivity (Wildman–Crippen MR) is 69.9 cm³/mol. The molecule has 0 aliphatic rings. The average molecular weight is 306 g/mol. The average Bonchev–Trinajstić information content (AvgIpc) is 2.72. The van der Waals surface area contributed by atoms with E-state index in [2.05, 4.69) is 21.2 Å². The van der Waals surface area contributed by atoms with Crippen molar-refractivity contribution in [3.05, 3.63) is 20.8 Å². The second-order valence-corrected chi connectivity index (χ2v) is 5.47. The highest BCUT2D eigenvalue weighted by molar-refractivity contribution is 9.10. The van der Waals surface area contributed by atoms with Crippen LogP contribution in [0.3, 0.4) is 0 Å². The first-order chi connectivity index (χ1) is 7.58. The number of amides is 1. The van der Waals surface area contributed by atoms with Crippen molar-refractivity contribution >= 4 is 33.2 Å². The lowest BCUT2D eigenvalue weighted by Gasteiger charge is -2.30. The topological polar surface area (TPSA) is 49.3 Å². The van der Waals surface area contributed by atoms with Gasteiger partial charge in [-0.3, -0.25) is 4.79 Å². The van der Waals surface area contributed by atoms with Gasteiger partial charge in [-0.05, 0) is 40.2 Å². The number of carbonyl (C=O) groups excluding carboxylic acids is 1. The highest BCUT2D eigenvalue weighted by atomic mass is 79.9. The molecule has 0 radical (unpaired) electrons. The fourth-order valence-electron chi connectivity index (χ4n) is 1.44. The SMILES string of the molecule is CCC(CC)(CO)NC(=O)c1sccc1Br. The molecule has 1 rings (SSSR count). The van der Waals surface area contributed by atoms with Crippen LogP contribution in [-0.4, -0.2) is 23.2 Å². The minimum atomic E-state index is -0.499. The zero-order valence-electron chi connectivity index (χ0n) is 9.42. The van der Waals surface area contributed by atoms with Gasteiger partial charge >= 0.3 is 0 Å². The summed E-state index contributed by atoms with van der Waals surface area (Å²) in [5.74, 6) is -0.125. The molecule has 0 fully saturated rings. The van der Waals surface area contributed by atoms with E-state index in [9.17, 15) is 9.90 Å². The molecule has 0 bridgehead atoms. The standard InChI is InChI=1S/C11H16BrNO2S/c1-3-11(4-2,7-14)13-10(15)9-8(12)5-6-16-9/h5-6,14H,3-4,7H2,1-2H3,(H,13,15). The van der Waals surface area contributed by atoms with Gasteiger partial charge in [0, 0.05) is 4.47 Å². The van der Waals surface area contributed by atoms with Crippen molar-refractivity contribution in [2.24, 2.45) is 0 Å². The fraction of sp³-hybridized carbons (Fsp3) is 0.545. The number of hydrogen-bond donors (Lipinski definition) is 2. The largest absolute Gasteiger partial charge is 0.394 e. The number of nitrogens with one attached hydrogen (secondary N) is 1. The molecule has 0 aliphatic carbocycles. The summed E-state index contributed by atoms with van der Waals surface area (Å²) < 4.78 is 0.800. The van der Waals surface area contributed by atoms with Crippen LogP contribution in [0.2, 0.25) is 0 Å². The van der Waals surface area contributed by atoms with E-state index in [4.69, 9.17) is 0 Å². The summed E-state index contributed by atoms with van der Waals surface area (Å²) in [6.45, 7) is 3.89. The zero-order chi connectivity index (χ0) is 12.2. The number of aliphatic hydroxyl groups excluding tert-OH is 1. The molecule has 3 nitrogen and oxygen atoms in total.